The van der Waals surface area contributed by atoms with Gasteiger partial charge in [-0.3, -0.25) is 0 Å². The van der Waals surface area contributed by atoms with E-state index in [-0.39, 0.29) is 0 Å². The smallest absolute Gasteiger partial charge is 0.0229 e. The average Bonchev–Trinajstić information content (AvgIpc) is 2.06. The minimum atomic E-state index is 0.429. The van der Waals surface area contributed by atoms with Crippen LogP contribution >= 0.6 is 11.6 Å². The summed E-state index contributed by atoms with van der Waals surface area (Å²) in [5.41, 5.74) is 0. The minimum absolute atomic E-state index is 0.429. The second kappa shape index (κ2) is 6.24. The molecule has 0 aromatic carbocycles. The van der Waals surface area contributed by atoms with Crippen molar-refractivity contribution in [2.75, 3.05) is 0 Å². The molecule has 12 heavy (non-hydrogen) atoms. The number of nitrogens with one attached hydrogen (secondary N) is 1. The van der Waals surface area contributed by atoms with Gasteiger partial charge in [-0.25, -0.2) is 0 Å². The molecule has 70 valence electrons. The summed E-state index contributed by atoms with van der Waals surface area (Å²) in [7, 11) is 0. The Bertz CT molecular complexity index is 163. The third kappa shape index (κ3) is 3.40. The second-order valence-electron chi connectivity index (χ2n) is 3.12. The fourth-order valence-corrected chi connectivity index (χ4v) is 1.79. The Morgan fingerprint density at radius 1 is 1.42 bits per heavy atom. The predicted molar refractivity (Wildman–Crippen MR) is 56.0 cm³/mol. The zero-order valence-corrected chi connectivity index (χ0v) is 8.86. The van der Waals surface area contributed by atoms with Crippen LogP contribution in [-0.2, 0) is 0 Å². The lowest BCUT2D eigenvalue weighted by Crippen LogP contribution is -2.10. The molecule has 0 aliphatic carbocycles. The van der Waals surface area contributed by atoms with Crippen LogP contribution in [0.4, 0.5) is 0 Å². The Kier molecular flexibility index (Phi) is 6.09. The van der Waals surface area contributed by atoms with E-state index in [0.29, 0.717) is 11.8 Å². The molecule has 0 aliphatic rings. The summed E-state index contributed by atoms with van der Waals surface area (Å²) in [6.45, 7) is 6.51. The van der Waals surface area contributed by atoms with Crippen LogP contribution in [0.25, 0.3) is 0 Å². The Balaban J connectivity index is 4.32. The molecule has 0 amide bonds. The van der Waals surface area contributed by atoms with Crippen LogP contribution in [0.1, 0.15) is 33.6 Å². The van der Waals surface area contributed by atoms with Crippen molar-refractivity contribution in [1.29, 1.82) is 5.41 Å². The van der Waals surface area contributed by atoms with Crippen molar-refractivity contribution in [3.05, 3.63) is 11.1 Å². The molecule has 0 aliphatic heterocycles. The summed E-state index contributed by atoms with van der Waals surface area (Å²) in [4.78, 5) is 0. The molecule has 1 nitrogen and oxygen atoms in total. The molecule has 1 N–H and O–H groups in total. The molecule has 0 radical (unpaired) electrons. The lowest BCUT2D eigenvalue weighted by atomic mass is 9.89. The van der Waals surface area contributed by atoms with Gasteiger partial charge in [-0.1, -0.05) is 38.8 Å². The Hall–Kier alpha value is -0.300. The summed E-state index contributed by atoms with van der Waals surface area (Å²) in [6, 6.07) is 0. The zero-order valence-electron chi connectivity index (χ0n) is 8.10. The molecule has 0 aromatic heterocycles. The molecule has 0 bridgehead atoms. The number of hydrogen-bond donors (Lipinski definition) is 1. The highest BCUT2D eigenvalue weighted by atomic mass is 35.5. The predicted octanol–water partition coefficient (Wildman–Crippen LogP) is 3.83. The van der Waals surface area contributed by atoms with Gasteiger partial charge in [-0.15, -0.1) is 0 Å². The molecule has 0 saturated carbocycles. The van der Waals surface area contributed by atoms with Crippen molar-refractivity contribution in [2.45, 2.75) is 33.6 Å². The van der Waals surface area contributed by atoms with Gasteiger partial charge in [0.2, 0.25) is 0 Å². The maximum atomic E-state index is 6.91. The molecule has 0 aromatic rings. The van der Waals surface area contributed by atoms with E-state index >= 15 is 0 Å². The maximum Gasteiger partial charge on any atom is 0.0229 e. The van der Waals surface area contributed by atoms with Crippen LogP contribution in [0.3, 0.4) is 0 Å². The third-order valence-corrected chi connectivity index (χ3v) is 2.77. The fourth-order valence-electron chi connectivity index (χ4n) is 1.36. The Labute approximate surface area is 80.3 Å². The molecule has 2 atom stereocenters. The average molecular weight is 188 g/mol. The molecule has 2 unspecified atom stereocenters. The summed E-state index contributed by atoms with van der Waals surface area (Å²) >= 11 is 6.03. The summed E-state index contributed by atoms with van der Waals surface area (Å²) < 4.78 is 0. The van der Waals surface area contributed by atoms with E-state index < -0.39 is 0 Å². The second-order valence-corrected chi connectivity index (χ2v) is 3.55. The number of halogens is 1. The van der Waals surface area contributed by atoms with Crippen LogP contribution in [0.2, 0.25) is 0 Å². The summed E-state index contributed by atoms with van der Waals surface area (Å²) in [6.07, 6.45) is 5.13. The van der Waals surface area contributed by atoms with Gasteiger partial charge in [-0.2, -0.15) is 0 Å². The Morgan fingerprint density at radius 3 is 2.33 bits per heavy atom. The molecular formula is C10H18ClN. The first kappa shape index (κ1) is 11.7. The fraction of sp³-hybridized carbons (Fsp3) is 0.700. The van der Waals surface area contributed by atoms with Crippen LogP contribution in [0.5, 0.6) is 0 Å². The third-order valence-electron chi connectivity index (χ3n) is 2.37. The molecule has 0 rings (SSSR count). The topological polar surface area (TPSA) is 23.9 Å². The van der Waals surface area contributed by atoms with Crippen LogP contribution in [0, 0.1) is 17.2 Å². The van der Waals surface area contributed by atoms with Gasteiger partial charge >= 0.3 is 0 Å². The minimum Gasteiger partial charge on any atom is -0.309 e. The van der Waals surface area contributed by atoms with E-state index in [1.165, 1.54) is 6.21 Å². The van der Waals surface area contributed by atoms with Crippen molar-refractivity contribution in [3.63, 3.8) is 0 Å². The van der Waals surface area contributed by atoms with E-state index in [1.807, 2.05) is 0 Å². The first-order valence-electron chi connectivity index (χ1n) is 4.53. The van der Waals surface area contributed by atoms with Gasteiger partial charge in [0.15, 0.2) is 0 Å². The first-order valence-corrected chi connectivity index (χ1v) is 4.91. The SMILES string of the molecule is CCC(C)C(CC)C(Cl)=CC=N. The molecule has 0 saturated heterocycles. The van der Waals surface area contributed by atoms with Crippen molar-refractivity contribution in [2.24, 2.45) is 11.8 Å². The van der Waals surface area contributed by atoms with E-state index in [2.05, 4.69) is 20.8 Å². The van der Waals surface area contributed by atoms with E-state index in [1.54, 1.807) is 6.08 Å². The van der Waals surface area contributed by atoms with Gasteiger partial charge in [0, 0.05) is 11.2 Å². The molecular weight excluding hydrogens is 170 g/mol. The summed E-state index contributed by atoms with van der Waals surface area (Å²) in [5, 5.41) is 7.73. The number of allylic oxidation sites excluding steroid dienone is 2. The maximum absolute atomic E-state index is 6.91. The highest BCUT2D eigenvalue weighted by Crippen LogP contribution is 2.28. The molecule has 2 heteroatoms. The van der Waals surface area contributed by atoms with Gasteiger partial charge < -0.3 is 5.41 Å². The lowest BCUT2D eigenvalue weighted by Gasteiger charge is -2.20. The number of rotatable bonds is 5. The van der Waals surface area contributed by atoms with Gasteiger partial charge in [0.05, 0.1) is 0 Å². The largest absolute Gasteiger partial charge is 0.309 e. The normalized spacial score (nSPS) is 17.2. The van der Waals surface area contributed by atoms with Crippen molar-refractivity contribution < 1.29 is 0 Å². The lowest BCUT2D eigenvalue weighted by molar-refractivity contribution is 0.400. The highest BCUT2D eigenvalue weighted by molar-refractivity contribution is 6.30. The Morgan fingerprint density at radius 2 is 2.00 bits per heavy atom. The molecule has 0 spiro atoms. The standard InChI is InChI=1S/C10H18ClN/c1-4-8(3)9(5-2)10(11)6-7-12/h6-9,12H,4-5H2,1-3H3. The first-order chi connectivity index (χ1) is 5.67. The molecule has 0 fully saturated rings. The van der Waals surface area contributed by atoms with Crippen LogP contribution < -0.4 is 0 Å². The van der Waals surface area contributed by atoms with Gasteiger partial charge in [-0.05, 0) is 24.3 Å². The van der Waals surface area contributed by atoms with E-state index in [4.69, 9.17) is 17.0 Å². The van der Waals surface area contributed by atoms with E-state index in [9.17, 15) is 0 Å². The molecule has 0 heterocycles. The van der Waals surface area contributed by atoms with Gasteiger partial charge in [0.1, 0.15) is 0 Å². The zero-order chi connectivity index (χ0) is 9.56. The van der Waals surface area contributed by atoms with Crippen molar-refractivity contribution >= 4 is 17.8 Å². The van der Waals surface area contributed by atoms with Crippen molar-refractivity contribution in [1.82, 2.24) is 0 Å². The highest BCUT2D eigenvalue weighted by Gasteiger charge is 2.16. The monoisotopic (exact) mass is 187 g/mol. The van der Waals surface area contributed by atoms with Crippen LogP contribution in [-0.4, -0.2) is 6.21 Å². The number of hydrogen-bond acceptors (Lipinski definition) is 1. The van der Waals surface area contributed by atoms with Crippen molar-refractivity contribution in [3.8, 4) is 0 Å². The quantitative estimate of drug-likeness (QED) is 0.633. The van der Waals surface area contributed by atoms with E-state index in [0.717, 1.165) is 17.9 Å². The van der Waals surface area contributed by atoms with Gasteiger partial charge in [0.25, 0.3) is 0 Å². The summed E-state index contributed by atoms with van der Waals surface area (Å²) in [5.74, 6) is 1.04. The van der Waals surface area contributed by atoms with Crippen LogP contribution in [0.15, 0.2) is 11.1 Å².